The third-order valence-electron chi connectivity index (χ3n) is 2.56. The number of aryl methyl sites for hydroxylation is 1. The van der Waals surface area contributed by atoms with Crippen molar-refractivity contribution in [2.24, 2.45) is 7.05 Å². The highest BCUT2D eigenvalue weighted by molar-refractivity contribution is 6.30. The van der Waals surface area contributed by atoms with Crippen molar-refractivity contribution in [3.8, 4) is 0 Å². The van der Waals surface area contributed by atoms with Gasteiger partial charge in [0.1, 0.15) is 0 Å². The molecule has 0 saturated carbocycles. The molecule has 1 heterocycles. The van der Waals surface area contributed by atoms with Gasteiger partial charge in [-0.15, -0.1) is 0 Å². The van der Waals surface area contributed by atoms with Crippen molar-refractivity contribution in [1.29, 1.82) is 0 Å². The first-order chi connectivity index (χ1) is 8.08. The number of halogens is 1. The molecule has 2 rings (SSSR count). The van der Waals surface area contributed by atoms with E-state index >= 15 is 0 Å². The molecule has 5 heteroatoms. The maximum absolute atomic E-state index is 12.0. The maximum atomic E-state index is 12.0. The summed E-state index contributed by atoms with van der Waals surface area (Å²) in [5, 5.41) is 7.39. The predicted octanol–water partition coefficient (Wildman–Crippen LogP) is 2.63. The molecule has 0 unspecified atom stereocenters. The smallest absolute Gasteiger partial charge is 0.259 e. The van der Waals surface area contributed by atoms with Crippen LogP contribution in [0.15, 0.2) is 30.5 Å². The topological polar surface area (TPSA) is 46.9 Å². The van der Waals surface area contributed by atoms with Crippen molar-refractivity contribution in [3.63, 3.8) is 0 Å². The molecule has 0 atom stereocenters. The maximum Gasteiger partial charge on any atom is 0.259 e. The minimum Gasteiger partial charge on any atom is -0.322 e. The van der Waals surface area contributed by atoms with Crippen molar-refractivity contribution in [1.82, 2.24) is 9.78 Å². The quantitative estimate of drug-likeness (QED) is 0.889. The summed E-state index contributed by atoms with van der Waals surface area (Å²) in [7, 11) is 1.80. The van der Waals surface area contributed by atoms with Crippen LogP contribution in [0.2, 0.25) is 5.02 Å². The fourth-order valence-electron chi connectivity index (χ4n) is 1.49. The molecule has 0 aliphatic heterocycles. The summed E-state index contributed by atoms with van der Waals surface area (Å²) in [5.41, 5.74) is 2.06. The third-order valence-corrected chi connectivity index (χ3v) is 2.80. The summed E-state index contributed by atoms with van der Waals surface area (Å²) in [4.78, 5) is 12.0. The number of hydrogen-bond donors (Lipinski definition) is 1. The summed E-state index contributed by atoms with van der Waals surface area (Å²) in [6.45, 7) is 1.85. The lowest BCUT2D eigenvalue weighted by Crippen LogP contribution is -2.12. The number of carbonyl (C=O) groups excluding carboxylic acids is 1. The van der Waals surface area contributed by atoms with Gasteiger partial charge in [0.2, 0.25) is 0 Å². The average Bonchev–Trinajstić information content (AvgIpc) is 2.60. The number of hydrogen-bond acceptors (Lipinski definition) is 2. The van der Waals surface area contributed by atoms with Crippen LogP contribution >= 0.6 is 11.6 Å². The second kappa shape index (κ2) is 4.59. The number of amides is 1. The van der Waals surface area contributed by atoms with Crippen LogP contribution in [0, 0.1) is 6.92 Å². The van der Waals surface area contributed by atoms with Crippen molar-refractivity contribution >= 4 is 23.2 Å². The Morgan fingerprint density at radius 3 is 2.82 bits per heavy atom. The molecule has 1 amide bonds. The van der Waals surface area contributed by atoms with Crippen molar-refractivity contribution in [2.75, 3.05) is 5.32 Å². The molecule has 0 bridgehead atoms. The van der Waals surface area contributed by atoms with Crippen LogP contribution in [-0.4, -0.2) is 15.7 Å². The van der Waals surface area contributed by atoms with Gasteiger partial charge in [0.15, 0.2) is 0 Å². The number of nitrogens with zero attached hydrogens (tertiary/aromatic N) is 2. The van der Waals surface area contributed by atoms with Crippen molar-refractivity contribution in [3.05, 3.63) is 46.7 Å². The normalized spacial score (nSPS) is 10.3. The fraction of sp³-hybridized carbons (Fsp3) is 0.167. The summed E-state index contributed by atoms with van der Waals surface area (Å²) < 4.78 is 1.66. The Morgan fingerprint density at radius 2 is 2.24 bits per heavy atom. The first-order valence-electron chi connectivity index (χ1n) is 5.13. The molecule has 1 aromatic heterocycles. The molecular formula is C12H12ClN3O. The van der Waals surface area contributed by atoms with Crippen molar-refractivity contribution in [2.45, 2.75) is 6.92 Å². The van der Waals surface area contributed by atoms with E-state index in [1.807, 2.05) is 6.92 Å². The Bertz CT molecular complexity index is 563. The minimum atomic E-state index is -0.183. The van der Waals surface area contributed by atoms with Gasteiger partial charge in [0, 0.05) is 23.5 Å². The number of benzene rings is 1. The van der Waals surface area contributed by atoms with E-state index in [1.165, 1.54) is 0 Å². The minimum absolute atomic E-state index is 0.183. The highest BCUT2D eigenvalue weighted by Crippen LogP contribution is 2.16. The zero-order chi connectivity index (χ0) is 12.4. The molecule has 0 aliphatic carbocycles. The van der Waals surface area contributed by atoms with Gasteiger partial charge in [-0.05, 0) is 25.1 Å². The Kier molecular flexibility index (Phi) is 3.15. The largest absolute Gasteiger partial charge is 0.322 e. The van der Waals surface area contributed by atoms with Crippen LogP contribution in [0.25, 0.3) is 0 Å². The molecule has 88 valence electrons. The SMILES string of the molecule is Cc1c(C(=O)Nc2cccc(Cl)c2)cnn1C. The van der Waals surface area contributed by atoms with Gasteiger partial charge in [-0.25, -0.2) is 0 Å². The zero-order valence-corrected chi connectivity index (χ0v) is 10.3. The van der Waals surface area contributed by atoms with Crippen LogP contribution in [0.3, 0.4) is 0 Å². The molecule has 0 radical (unpaired) electrons. The van der Waals surface area contributed by atoms with Crippen LogP contribution in [0.4, 0.5) is 5.69 Å². The molecule has 1 N–H and O–H groups in total. The van der Waals surface area contributed by atoms with E-state index in [1.54, 1.807) is 42.2 Å². The van der Waals surface area contributed by atoms with Gasteiger partial charge < -0.3 is 5.32 Å². The van der Waals surface area contributed by atoms with Gasteiger partial charge in [-0.2, -0.15) is 5.10 Å². The van der Waals surface area contributed by atoms with Gasteiger partial charge in [0.25, 0.3) is 5.91 Å². The number of aromatic nitrogens is 2. The molecule has 2 aromatic rings. The lowest BCUT2D eigenvalue weighted by molar-refractivity contribution is 0.102. The number of nitrogens with one attached hydrogen (secondary N) is 1. The van der Waals surface area contributed by atoms with E-state index in [0.29, 0.717) is 16.3 Å². The van der Waals surface area contributed by atoms with E-state index in [4.69, 9.17) is 11.6 Å². The summed E-state index contributed by atoms with van der Waals surface area (Å²) in [6.07, 6.45) is 1.55. The standard InChI is InChI=1S/C12H12ClN3O/c1-8-11(7-14-16(8)2)12(17)15-10-5-3-4-9(13)6-10/h3-7H,1-2H3,(H,15,17). The van der Waals surface area contributed by atoms with Crippen molar-refractivity contribution < 1.29 is 4.79 Å². The number of anilines is 1. The Labute approximate surface area is 104 Å². The first kappa shape index (κ1) is 11.7. The second-order valence-electron chi connectivity index (χ2n) is 3.73. The van der Waals surface area contributed by atoms with Crippen LogP contribution in [0.1, 0.15) is 16.1 Å². The van der Waals surface area contributed by atoms with E-state index in [9.17, 15) is 4.79 Å². The zero-order valence-electron chi connectivity index (χ0n) is 9.57. The molecule has 0 saturated heterocycles. The third kappa shape index (κ3) is 2.47. The fourth-order valence-corrected chi connectivity index (χ4v) is 1.68. The molecule has 0 fully saturated rings. The molecule has 4 nitrogen and oxygen atoms in total. The highest BCUT2D eigenvalue weighted by Gasteiger charge is 2.12. The Hall–Kier alpha value is -1.81. The molecule has 17 heavy (non-hydrogen) atoms. The van der Waals surface area contributed by atoms with Gasteiger partial charge >= 0.3 is 0 Å². The van der Waals surface area contributed by atoms with Crippen LogP contribution in [-0.2, 0) is 7.05 Å². The summed E-state index contributed by atoms with van der Waals surface area (Å²) in [6, 6.07) is 7.03. The Morgan fingerprint density at radius 1 is 1.47 bits per heavy atom. The van der Waals surface area contributed by atoms with E-state index < -0.39 is 0 Å². The van der Waals surface area contributed by atoms with E-state index in [2.05, 4.69) is 10.4 Å². The van der Waals surface area contributed by atoms with Gasteiger partial charge in [-0.3, -0.25) is 9.48 Å². The lowest BCUT2D eigenvalue weighted by Gasteiger charge is -2.04. The van der Waals surface area contributed by atoms with Crippen LogP contribution < -0.4 is 5.32 Å². The molecule has 1 aromatic carbocycles. The monoisotopic (exact) mass is 249 g/mol. The molecule has 0 aliphatic rings. The second-order valence-corrected chi connectivity index (χ2v) is 4.17. The molecular weight excluding hydrogens is 238 g/mol. The number of carbonyl (C=O) groups is 1. The highest BCUT2D eigenvalue weighted by atomic mass is 35.5. The molecule has 0 spiro atoms. The predicted molar refractivity (Wildman–Crippen MR) is 67.4 cm³/mol. The van der Waals surface area contributed by atoms with Crippen LogP contribution in [0.5, 0.6) is 0 Å². The van der Waals surface area contributed by atoms with E-state index in [-0.39, 0.29) is 5.91 Å². The summed E-state index contributed by atoms with van der Waals surface area (Å²) >= 11 is 5.84. The Balaban J connectivity index is 2.20. The van der Waals surface area contributed by atoms with E-state index in [0.717, 1.165) is 5.69 Å². The average molecular weight is 250 g/mol. The summed E-state index contributed by atoms with van der Waals surface area (Å²) in [5.74, 6) is -0.183. The first-order valence-corrected chi connectivity index (χ1v) is 5.51. The van der Waals surface area contributed by atoms with Gasteiger partial charge in [0.05, 0.1) is 11.8 Å². The number of rotatable bonds is 2. The lowest BCUT2D eigenvalue weighted by atomic mass is 10.2. The van der Waals surface area contributed by atoms with Gasteiger partial charge in [-0.1, -0.05) is 17.7 Å².